The Balaban J connectivity index is 1.02. The van der Waals surface area contributed by atoms with E-state index in [-0.39, 0.29) is 6.04 Å². The lowest BCUT2D eigenvalue weighted by Crippen LogP contribution is -2.57. The molecule has 0 bridgehead atoms. The number of hydrogen-bond donors (Lipinski definition) is 0. The van der Waals surface area contributed by atoms with Crippen LogP contribution < -0.4 is 37.1 Å². The van der Waals surface area contributed by atoms with Crippen LogP contribution in [0.25, 0.3) is 39.0 Å². The van der Waals surface area contributed by atoms with Crippen molar-refractivity contribution in [3.63, 3.8) is 0 Å². The molecule has 310 valence electrons. The van der Waals surface area contributed by atoms with E-state index in [9.17, 15) is 0 Å². The third-order valence-corrected chi connectivity index (χ3v) is 15.4. The van der Waals surface area contributed by atoms with Gasteiger partial charge in [0.15, 0.2) is 0 Å². The van der Waals surface area contributed by atoms with Gasteiger partial charge in [-0.25, -0.2) is 0 Å². The van der Waals surface area contributed by atoms with Gasteiger partial charge in [-0.05, 0) is 99.2 Å². The maximum Gasteiger partial charge on any atom is 0.141 e. The van der Waals surface area contributed by atoms with Crippen molar-refractivity contribution in [2.75, 3.05) is 9.80 Å². The Hall–Kier alpha value is -6.25. The van der Waals surface area contributed by atoms with Crippen LogP contribution >= 0.6 is 0 Å². The van der Waals surface area contributed by atoms with Gasteiger partial charge in [-0.1, -0.05) is 167 Å². The van der Waals surface area contributed by atoms with E-state index in [2.05, 4.69) is 264 Å². The molecule has 0 saturated carbocycles. The fourth-order valence-electron chi connectivity index (χ4n) is 10.5. The summed E-state index contributed by atoms with van der Waals surface area (Å²) in [5.74, 6) is 0.815. The molecule has 0 radical (unpaired) electrons. The van der Waals surface area contributed by atoms with E-state index in [0.717, 1.165) is 6.42 Å². The molecule has 7 aromatic carbocycles. The van der Waals surface area contributed by atoms with Crippen molar-refractivity contribution in [3.05, 3.63) is 204 Å². The van der Waals surface area contributed by atoms with Crippen molar-refractivity contribution in [2.45, 2.75) is 24.1 Å². The van der Waals surface area contributed by atoms with Gasteiger partial charge >= 0.3 is 0 Å². The molecular formula is C54H54B10N2. The van der Waals surface area contributed by atoms with Crippen LogP contribution in [0, 0.1) is 0 Å². The van der Waals surface area contributed by atoms with Gasteiger partial charge in [-0.2, -0.15) is 0 Å². The smallest absolute Gasteiger partial charge is 0.141 e. The normalized spacial score (nSPS) is 17.1. The minimum Gasteiger partial charge on any atom is -0.335 e. The Bertz CT molecular complexity index is 3030. The second-order valence-electron chi connectivity index (χ2n) is 18.8. The quantitative estimate of drug-likeness (QED) is 0.189. The molecule has 0 N–H and O–H groups in total. The number of hydrogen-bond acceptors (Lipinski definition) is 2. The number of benzene rings is 7. The Morgan fingerprint density at radius 1 is 0.409 bits per heavy atom. The molecule has 12 heteroatoms. The van der Waals surface area contributed by atoms with Crippen LogP contribution in [0.15, 0.2) is 198 Å². The van der Waals surface area contributed by atoms with Gasteiger partial charge in [0.2, 0.25) is 0 Å². The lowest BCUT2D eigenvalue weighted by atomic mass is 9.49. The van der Waals surface area contributed by atoms with Gasteiger partial charge in [0.1, 0.15) is 78.5 Å². The first-order valence-corrected chi connectivity index (χ1v) is 23.9. The van der Waals surface area contributed by atoms with E-state index in [1.54, 1.807) is 0 Å². The second kappa shape index (κ2) is 18.9. The Morgan fingerprint density at radius 2 is 0.848 bits per heavy atom. The van der Waals surface area contributed by atoms with Crippen LogP contribution in [0.4, 0.5) is 22.7 Å². The standard InChI is InChI=1S/C54H54B10N2/c55-43-45(57)49(61)53(50(62)46(43)58)65(39-22-14-33(15-23-39)31-8-3-1-4-9-31)41-26-18-35(19-27-41)37-12-7-13-38(30-37)36-20-28-42(29-21-36)66(54-51(63)47(59)44(56)48(60)52(54)64)40-24-16-34(17-25-40)32-10-5-2-6-11-32/h1-28,30,42,45,49H,29,55-64H2. The van der Waals surface area contributed by atoms with Crippen molar-refractivity contribution in [2.24, 2.45) is 0 Å². The molecule has 3 unspecified atom stereocenters. The monoisotopic (exact) mass is 841 g/mol. The summed E-state index contributed by atoms with van der Waals surface area (Å²) in [5, 5.41) is 0. The van der Waals surface area contributed by atoms with Crippen LogP contribution in [0.1, 0.15) is 12.0 Å². The van der Waals surface area contributed by atoms with Gasteiger partial charge in [0.05, 0.1) is 6.04 Å². The summed E-state index contributed by atoms with van der Waals surface area (Å²) in [7, 11) is 23.1. The fourth-order valence-corrected chi connectivity index (χ4v) is 10.5. The summed E-state index contributed by atoms with van der Waals surface area (Å²) in [6, 6.07) is 58.1. The van der Waals surface area contributed by atoms with Crippen molar-refractivity contribution in [1.29, 1.82) is 0 Å². The van der Waals surface area contributed by atoms with Crippen LogP contribution in [-0.2, 0) is 0 Å². The van der Waals surface area contributed by atoms with E-state index in [4.69, 9.17) is 0 Å². The maximum absolute atomic E-state index is 2.59. The molecule has 7 aromatic rings. The second-order valence-corrected chi connectivity index (χ2v) is 18.8. The third-order valence-electron chi connectivity index (χ3n) is 15.4. The molecule has 0 fully saturated rings. The van der Waals surface area contributed by atoms with Crippen LogP contribution in [0.2, 0.25) is 11.6 Å². The van der Waals surface area contributed by atoms with E-state index < -0.39 is 0 Å². The summed E-state index contributed by atoms with van der Waals surface area (Å²) in [4.78, 5) is 5.10. The van der Waals surface area contributed by atoms with Gasteiger partial charge in [-0.3, -0.25) is 0 Å². The van der Waals surface area contributed by atoms with Crippen molar-refractivity contribution < 1.29 is 0 Å². The van der Waals surface area contributed by atoms with E-state index in [1.165, 1.54) is 117 Å². The summed E-state index contributed by atoms with van der Waals surface area (Å²) >= 11 is 0. The first-order chi connectivity index (χ1) is 31.9. The first-order valence-electron chi connectivity index (χ1n) is 23.9. The van der Waals surface area contributed by atoms with Gasteiger partial charge in [0, 0.05) is 28.4 Å². The SMILES string of the molecule is BC1=C(B)C(B)C(B)C(N(c2ccc(-c3ccccc3)cc2)c2ccc(-c3cccc(C4=CCC(N(c5ccc(-c6ccccc6)cc5)c5c(B)c(B)c(B)c(B)c5B)C=C4)c3)cc2)=C1B. The highest BCUT2D eigenvalue weighted by atomic mass is 15.2. The van der Waals surface area contributed by atoms with Gasteiger partial charge in [-0.15, -0.1) is 16.4 Å². The van der Waals surface area contributed by atoms with E-state index in [0.29, 0.717) is 11.6 Å². The molecule has 66 heavy (non-hydrogen) atoms. The van der Waals surface area contributed by atoms with Crippen molar-refractivity contribution in [1.82, 2.24) is 0 Å². The highest BCUT2D eigenvalue weighted by Gasteiger charge is 2.31. The van der Waals surface area contributed by atoms with Gasteiger partial charge in [0.25, 0.3) is 0 Å². The topological polar surface area (TPSA) is 6.48 Å². The van der Waals surface area contributed by atoms with Crippen LogP contribution in [0.5, 0.6) is 0 Å². The Morgan fingerprint density at radius 3 is 1.35 bits per heavy atom. The zero-order valence-corrected chi connectivity index (χ0v) is 40.6. The Kier molecular flexibility index (Phi) is 12.9. The van der Waals surface area contributed by atoms with Crippen LogP contribution in [-0.4, -0.2) is 84.5 Å². The minimum absolute atomic E-state index is 0.167. The summed E-state index contributed by atoms with van der Waals surface area (Å²) in [6.07, 6.45) is 8.12. The zero-order chi connectivity index (χ0) is 46.2. The van der Waals surface area contributed by atoms with E-state index in [1.807, 2.05) is 0 Å². The molecule has 0 aromatic heterocycles. The van der Waals surface area contributed by atoms with Gasteiger partial charge < -0.3 is 9.80 Å². The van der Waals surface area contributed by atoms with Crippen molar-refractivity contribution in [3.8, 4) is 33.4 Å². The van der Waals surface area contributed by atoms with Crippen LogP contribution in [0.3, 0.4) is 0 Å². The molecule has 2 aliphatic carbocycles. The lowest BCUT2D eigenvalue weighted by Gasteiger charge is -2.40. The molecular weight excluding hydrogens is 785 g/mol. The molecule has 0 spiro atoms. The minimum atomic E-state index is 0.167. The highest BCUT2D eigenvalue weighted by molar-refractivity contribution is 6.69. The largest absolute Gasteiger partial charge is 0.335 e. The molecule has 0 aliphatic heterocycles. The summed E-state index contributed by atoms with van der Waals surface area (Å²) in [5.41, 5.74) is 27.2. The average molecular weight is 839 g/mol. The highest BCUT2D eigenvalue weighted by Crippen LogP contribution is 2.46. The lowest BCUT2D eigenvalue weighted by molar-refractivity contribution is 0.790. The predicted molar refractivity (Wildman–Crippen MR) is 317 cm³/mol. The molecule has 9 rings (SSSR count). The van der Waals surface area contributed by atoms with Crippen molar-refractivity contribution >= 4 is 134 Å². The molecule has 2 aliphatic rings. The number of anilines is 4. The molecule has 0 heterocycles. The summed E-state index contributed by atoms with van der Waals surface area (Å²) in [6.45, 7) is 0. The third kappa shape index (κ3) is 8.52. The average Bonchev–Trinajstić information content (AvgIpc) is 3.37. The maximum atomic E-state index is 2.59. The molecule has 3 atom stereocenters. The zero-order valence-electron chi connectivity index (χ0n) is 40.6. The first kappa shape index (κ1) is 44.9. The van der Waals surface area contributed by atoms with E-state index >= 15 is 0 Å². The molecule has 0 saturated heterocycles. The number of allylic oxidation sites excluding steroid dienone is 6. The summed E-state index contributed by atoms with van der Waals surface area (Å²) < 4.78 is 0. The predicted octanol–water partition coefficient (Wildman–Crippen LogP) is 0.847. The fraction of sp³-hybridized carbons (Fsp3) is 0.0741. The molecule has 2 nitrogen and oxygen atoms in total. The Labute approximate surface area is 402 Å². The number of nitrogens with zero attached hydrogens (tertiary/aromatic N) is 2. The number of rotatable bonds is 10. The molecule has 0 amide bonds.